The highest BCUT2D eigenvalue weighted by atomic mass is 32.2. The van der Waals surface area contributed by atoms with Gasteiger partial charge in [0.2, 0.25) is 10.0 Å². The van der Waals surface area contributed by atoms with Crippen LogP contribution in [0, 0.1) is 13.8 Å². The Hall–Kier alpha value is -3.12. The number of hydrazine groups is 1. The standard InChI is InChI=1S/C20H22F3N3O5S/c1-12-8-9-15(10-13(12)2)31-11-18(27)24-25-19(28)14(3)26-32(29,30)17-7-5-4-6-16(17)20(21,22)23/h4-10,14,26H,11H2,1-3H3,(H,24,27)(H,25,28)/t14-/m0/s1. The van der Waals surface area contributed by atoms with Gasteiger partial charge in [-0.25, -0.2) is 8.42 Å². The van der Waals surface area contributed by atoms with Gasteiger partial charge >= 0.3 is 6.18 Å². The number of benzene rings is 2. The SMILES string of the molecule is Cc1ccc(OCC(=O)NNC(=O)[C@H](C)NS(=O)(=O)c2ccccc2C(F)(F)F)cc1C. The molecule has 2 aromatic rings. The molecule has 32 heavy (non-hydrogen) atoms. The van der Waals surface area contributed by atoms with Crippen molar-refractivity contribution < 1.29 is 35.9 Å². The summed E-state index contributed by atoms with van der Waals surface area (Å²) >= 11 is 0. The zero-order chi connectivity index (χ0) is 24.1. The van der Waals surface area contributed by atoms with Crippen molar-refractivity contribution >= 4 is 21.8 Å². The van der Waals surface area contributed by atoms with E-state index in [9.17, 15) is 31.2 Å². The lowest BCUT2D eigenvalue weighted by Crippen LogP contribution is -2.52. The molecule has 174 valence electrons. The van der Waals surface area contributed by atoms with Gasteiger partial charge in [-0.1, -0.05) is 18.2 Å². The van der Waals surface area contributed by atoms with Gasteiger partial charge in [0.1, 0.15) is 5.75 Å². The van der Waals surface area contributed by atoms with Gasteiger partial charge in [-0.15, -0.1) is 0 Å². The molecular weight excluding hydrogens is 451 g/mol. The Labute approximate surface area is 183 Å². The third-order valence-corrected chi connectivity index (χ3v) is 5.98. The van der Waals surface area contributed by atoms with E-state index in [1.165, 1.54) is 0 Å². The molecule has 0 aromatic heterocycles. The molecule has 0 heterocycles. The Morgan fingerprint density at radius 3 is 2.31 bits per heavy atom. The molecule has 0 aliphatic carbocycles. The Morgan fingerprint density at radius 1 is 1.03 bits per heavy atom. The van der Waals surface area contributed by atoms with E-state index in [1.54, 1.807) is 12.1 Å². The first kappa shape index (κ1) is 25.1. The molecule has 0 saturated carbocycles. The molecule has 12 heteroatoms. The molecule has 2 amide bonds. The molecule has 0 aliphatic heterocycles. The maximum Gasteiger partial charge on any atom is 0.417 e. The second kappa shape index (κ2) is 10.0. The highest BCUT2D eigenvalue weighted by Crippen LogP contribution is 2.33. The Morgan fingerprint density at radius 2 is 1.69 bits per heavy atom. The van der Waals surface area contributed by atoms with Crippen LogP contribution in [0.3, 0.4) is 0 Å². The third-order valence-electron chi connectivity index (χ3n) is 4.38. The van der Waals surface area contributed by atoms with Crippen LogP contribution in [0.25, 0.3) is 0 Å². The molecule has 2 aromatic carbocycles. The van der Waals surface area contributed by atoms with Crippen molar-refractivity contribution in [1.82, 2.24) is 15.6 Å². The van der Waals surface area contributed by atoms with Crippen LogP contribution in [0.2, 0.25) is 0 Å². The normalized spacial score (nSPS) is 12.7. The summed E-state index contributed by atoms with van der Waals surface area (Å²) in [5.41, 5.74) is 4.68. The topological polar surface area (TPSA) is 114 Å². The van der Waals surface area contributed by atoms with Gasteiger partial charge in [-0.3, -0.25) is 20.4 Å². The van der Waals surface area contributed by atoms with E-state index in [0.29, 0.717) is 11.8 Å². The molecule has 0 fully saturated rings. The van der Waals surface area contributed by atoms with Crippen molar-refractivity contribution in [2.24, 2.45) is 0 Å². The molecule has 3 N–H and O–H groups in total. The van der Waals surface area contributed by atoms with Crippen molar-refractivity contribution in [3.05, 3.63) is 59.2 Å². The highest BCUT2D eigenvalue weighted by molar-refractivity contribution is 7.89. The summed E-state index contributed by atoms with van der Waals surface area (Å²) in [6, 6.07) is 7.31. The molecule has 0 radical (unpaired) electrons. The number of hydrogen-bond donors (Lipinski definition) is 3. The average molecular weight is 473 g/mol. The summed E-state index contributed by atoms with van der Waals surface area (Å²) in [6.45, 7) is 4.47. The molecule has 8 nitrogen and oxygen atoms in total. The number of halogens is 3. The fourth-order valence-corrected chi connectivity index (χ4v) is 3.94. The van der Waals surface area contributed by atoms with Gasteiger partial charge in [-0.05, 0) is 56.2 Å². The fraction of sp³-hybridized carbons (Fsp3) is 0.300. The van der Waals surface area contributed by atoms with Crippen molar-refractivity contribution in [1.29, 1.82) is 0 Å². The number of sulfonamides is 1. The minimum atomic E-state index is -4.90. The number of hydrogen-bond acceptors (Lipinski definition) is 5. The smallest absolute Gasteiger partial charge is 0.417 e. The largest absolute Gasteiger partial charge is 0.484 e. The Kier molecular flexibility index (Phi) is 7.86. The maximum atomic E-state index is 13.1. The first-order chi connectivity index (χ1) is 14.8. The average Bonchev–Trinajstić information content (AvgIpc) is 2.71. The second-order valence-electron chi connectivity index (χ2n) is 6.91. The predicted molar refractivity (Wildman–Crippen MR) is 109 cm³/mol. The van der Waals surface area contributed by atoms with E-state index < -0.39 is 51.1 Å². The lowest BCUT2D eigenvalue weighted by Gasteiger charge is -2.17. The summed E-state index contributed by atoms with van der Waals surface area (Å²) in [4.78, 5) is 22.9. The lowest BCUT2D eigenvalue weighted by atomic mass is 10.1. The van der Waals surface area contributed by atoms with Crippen LogP contribution in [-0.2, 0) is 25.8 Å². The quantitative estimate of drug-likeness (QED) is 0.534. The van der Waals surface area contributed by atoms with Gasteiger partial charge in [0.25, 0.3) is 11.8 Å². The number of nitrogens with one attached hydrogen (secondary N) is 3. The summed E-state index contributed by atoms with van der Waals surface area (Å²) in [5.74, 6) is -1.27. The monoisotopic (exact) mass is 473 g/mol. The van der Waals surface area contributed by atoms with Gasteiger partial charge in [0, 0.05) is 0 Å². The van der Waals surface area contributed by atoms with E-state index >= 15 is 0 Å². The second-order valence-corrected chi connectivity index (χ2v) is 8.59. The van der Waals surface area contributed by atoms with Gasteiger partial charge in [0.05, 0.1) is 16.5 Å². The number of ether oxygens (including phenoxy) is 1. The Balaban J connectivity index is 1.92. The molecular formula is C20H22F3N3O5S. The van der Waals surface area contributed by atoms with Gasteiger partial charge in [0.15, 0.2) is 6.61 Å². The van der Waals surface area contributed by atoms with Crippen molar-refractivity contribution in [2.45, 2.75) is 37.9 Å². The van der Waals surface area contributed by atoms with E-state index in [0.717, 1.165) is 36.2 Å². The summed E-state index contributed by atoms with van der Waals surface area (Å²) in [5, 5.41) is 0. The molecule has 0 saturated heterocycles. The van der Waals surface area contributed by atoms with Crippen LogP contribution in [-0.4, -0.2) is 32.9 Å². The minimum Gasteiger partial charge on any atom is -0.484 e. The van der Waals surface area contributed by atoms with Gasteiger partial charge < -0.3 is 4.74 Å². The zero-order valence-electron chi connectivity index (χ0n) is 17.4. The van der Waals surface area contributed by atoms with Crippen LogP contribution in [0.4, 0.5) is 13.2 Å². The molecule has 0 unspecified atom stereocenters. The van der Waals surface area contributed by atoms with Crippen LogP contribution < -0.4 is 20.3 Å². The van der Waals surface area contributed by atoms with Crippen LogP contribution in [0.1, 0.15) is 23.6 Å². The predicted octanol–water partition coefficient (Wildman–Crippen LogP) is 2.22. The molecule has 2 rings (SSSR count). The van der Waals surface area contributed by atoms with E-state index in [1.807, 2.05) is 35.5 Å². The van der Waals surface area contributed by atoms with Crippen LogP contribution in [0.5, 0.6) is 5.75 Å². The van der Waals surface area contributed by atoms with Crippen molar-refractivity contribution in [3.63, 3.8) is 0 Å². The number of alkyl halides is 3. The van der Waals surface area contributed by atoms with E-state index in [4.69, 9.17) is 4.74 Å². The number of amides is 2. The Bertz CT molecular complexity index is 1100. The van der Waals surface area contributed by atoms with Crippen molar-refractivity contribution in [2.75, 3.05) is 6.61 Å². The third kappa shape index (κ3) is 6.69. The minimum absolute atomic E-state index is 0.429. The van der Waals surface area contributed by atoms with Crippen molar-refractivity contribution in [3.8, 4) is 5.75 Å². The van der Waals surface area contributed by atoms with Crippen LogP contribution in [0.15, 0.2) is 47.4 Å². The number of carbonyl (C=O) groups is 2. The number of carbonyl (C=O) groups excluding carboxylic acids is 2. The molecule has 1 atom stereocenters. The van der Waals surface area contributed by atoms with E-state index in [2.05, 4.69) is 0 Å². The van der Waals surface area contributed by atoms with Gasteiger partial charge in [-0.2, -0.15) is 17.9 Å². The number of rotatable bonds is 7. The molecule has 0 aliphatic rings. The highest BCUT2D eigenvalue weighted by Gasteiger charge is 2.37. The fourth-order valence-electron chi connectivity index (χ4n) is 2.51. The molecule has 0 spiro atoms. The first-order valence-corrected chi connectivity index (χ1v) is 10.8. The summed E-state index contributed by atoms with van der Waals surface area (Å²) < 4.78 is 71.2. The summed E-state index contributed by atoms with van der Waals surface area (Å²) in [7, 11) is -4.68. The lowest BCUT2D eigenvalue weighted by molar-refractivity contribution is -0.139. The first-order valence-electron chi connectivity index (χ1n) is 9.28. The maximum absolute atomic E-state index is 13.1. The van der Waals surface area contributed by atoms with E-state index in [-0.39, 0.29) is 0 Å². The zero-order valence-corrected chi connectivity index (χ0v) is 18.2. The van der Waals surface area contributed by atoms with Crippen LogP contribution >= 0.6 is 0 Å². The summed E-state index contributed by atoms with van der Waals surface area (Å²) in [6.07, 6.45) is -4.90. The molecule has 0 bridgehead atoms. The number of aryl methyl sites for hydroxylation is 2.